The van der Waals surface area contributed by atoms with E-state index >= 15 is 0 Å². The van der Waals surface area contributed by atoms with E-state index in [1.165, 1.54) is 13.8 Å². The Morgan fingerprint density at radius 3 is 1.02 bits per heavy atom. The largest absolute Gasteiger partial charge is 0.457 e. The van der Waals surface area contributed by atoms with Gasteiger partial charge >= 0.3 is 11.9 Å². The molecular formula is C34H30O7. The van der Waals surface area contributed by atoms with Crippen molar-refractivity contribution in [2.75, 3.05) is 0 Å². The highest BCUT2D eigenvalue weighted by atomic mass is 16.5. The predicted molar refractivity (Wildman–Crippen MR) is 154 cm³/mol. The molecule has 0 atom stereocenters. The van der Waals surface area contributed by atoms with Gasteiger partial charge in [-0.05, 0) is 123 Å². The zero-order valence-corrected chi connectivity index (χ0v) is 23.8. The van der Waals surface area contributed by atoms with Gasteiger partial charge in [-0.3, -0.25) is 19.2 Å². The predicted octanol–water partition coefficient (Wildman–Crippen LogP) is 7.03. The molecule has 0 aliphatic rings. The lowest BCUT2D eigenvalue weighted by atomic mass is 9.98. The molecule has 0 unspecified atom stereocenters. The van der Waals surface area contributed by atoms with Gasteiger partial charge in [-0.25, -0.2) is 0 Å². The molecule has 0 aliphatic heterocycles. The van der Waals surface area contributed by atoms with Crippen LogP contribution in [0.25, 0.3) is 0 Å². The summed E-state index contributed by atoms with van der Waals surface area (Å²) in [4.78, 5) is 48.9. The molecule has 0 spiro atoms. The molecule has 0 fully saturated rings. The summed E-state index contributed by atoms with van der Waals surface area (Å²) < 4.78 is 16.4. The minimum absolute atomic E-state index is 0.161. The number of rotatable bonds is 8. The van der Waals surface area contributed by atoms with Crippen LogP contribution in [0.2, 0.25) is 0 Å². The van der Waals surface area contributed by atoms with Gasteiger partial charge in [0.2, 0.25) is 0 Å². The Bertz CT molecular complexity index is 1490. The normalized spacial score (nSPS) is 10.6. The maximum absolute atomic E-state index is 13.1. The Morgan fingerprint density at radius 1 is 0.463 bits per heavy atom. The van der Waals surface area contributed by atoms with Gasteiger partial charge in [-0.15, -0.1) is 0 Å². The second-order valence-electron chi connectivity index (χ2n) is 9.87. The summed E-state index contributed by atoms with van der Waals surface area (Å²) in [5.41, 5.74) is 4.78. The number of carbonyl (C=O) groups is 4. The number of hydrogen-bond acceptors (Lipinski definition) is 7. The lowest BCUT2D eigenvalue weighted by Crippen LogP contribution is -2.07. The molecule has 41 heavy (non-hydrogen) atoms. The van der Waals surface area contributed by atoms with Crippen LogP contribution in [0.5, 0.6) is 23.0 Å². The first kappa shape index (κ1) is 29.0. The summed E-state index contributed by atoms with van der Waals surface area (Å²) >= 11 is 0. The number of ether oxygens (including phenoxy) is 3. The summed E-state index contributed by atoms with van der Waals surface area (Å²) in [5, 5.41) is 0. The van der Waals surface area contributed by atoms with Crippen molar-refractivity contribution in [1.82, 2.24) is 0 Å². The standard InChI is InChI=1S/C34H30O7/c1-19-15-27(16-20(2)33(19)39-23(5)35)31(37)25-7-11-29(12-8-25)41-30-13-9-26(10-14-30)32(38)28-17-21(3)34(22(4)18-28)40-24(6)36/h7-18H,1-6H3. The van der Waals surface area contributed by atoms with E-state index in [9.17, 15) is 19.2 Å². The van der Waals surface area contributed by atoms with Crippen molar-refractivity contribution in [3.63, 3.8) is 0 Å². The highest BCUT2D eigenvalue weighted by Crippen LogP contribution is 2.29. The summed E-state index contributed by atoms with van der Waals surface area (Å²) in [6.07, 6.45) is 0. The highest BCUT2D eigenvalue weighted by Gasteiger charge is 2.17. The number of hydrogen-bond donors (Lipinski definition) is 0. The fourth-order valence-electron chi connectivity index (χ4n) is 4.59. The fourth-order valence-corrected chi connectivity index (χ4v) is 4.59. The van der Waals surface area contributed by atoms with Gasteiger partial charge in [0.1, 0.15) is 23.0 Å². The van der Waals surface area contributed by atoms with E-state index in [-0.39, 0.29) is 11.6 Å². The Kier molecular flexibility index (Phi) is 8.48. The number of aryl methyl sites for hydroxylation is 4. The van der Waals surface area contributed by atoms with Crippen molar-refractivity contribution in [2.45, 2.75) is 41.5 Å². The maximum Gasteiger partial charge on any atom is 0.308 e. The molecule has 7 heteroatoms. The van der Waals surface area contributed by atoms with E-state index in [0.717, 1.165) is 0 Å². The highest BCUT2D eigenvalue weighted by molar-refractivity contribution is 6.10. The van der Waals surface area contributed by atoms with Crippen molar-refractivity contribution >= 4 is 23.5 Å². The number of ketones is 2. The first-order valence-electron chi connectivity index (χ1n) is 13.0. The average molecular weight is 551 g/mol. The topological polar surface area (TPSA) is 96.0 Å². The lowest BCUT2D eigenvalue weighted by Gasteiger charge is -2.12. The van der Waals surface area contributed by atoms with Crippen LogP contribution in [0.3, 0.4) is 0 Å². The van der Waals surface area contributed by atoms with Crippen molar-refractivity contribution in [3.05, 3.63) is 117 Å². The van der Waals surface area contributed by atoms with Gasteiger partial charge in [0, 0.05) is 36.1 Å². The van der Waals surface area contributed by atoms with Gasteiger partial charge in [0.15, 0.2) is 11.6 Å². The van der Waals surface area contributed by atoms with Crippen LogP contribution in [-0.4, -0.2) is 23.5 Å². The molecule has 4 aromatic rings. The number of esters is 2. The summed E-state index contributed by atoms with van der Waals surface area (Å²) in [6, 6.07) is 20.4. The zero-order chi connectivity index (χ0) is 29.8. The smallest absolute Gasteiger partial charge is 0.308 e. The molecule has 0 saturated heterocycles. The molecule has 0 saturated carbocycles. The van der Waals surface area contributed by atoms with Crippen LogP contribution in [-0.2, 0) is 9.59 Å². The molecule has 7 nitrogen and oxygen atoms in total. The molecule has 4 aromatic carbocycles. The molecule has 0 N–H and O–H groups in total. The molecule has 0 radical (unpaired) electrons. The van der Waals surface area contributed by atoms with Crippen molar-refractivity contribution < 1.29 is 33.4 Å². The molecular weight excluding hydrogens is 520 g/mol. The Balaban J connectivity index is 1.45. The van der Waals surface area contributed by atoms with Crippen molar-refractivity contribution in [3.8, 4) is 23.0 Å². The fraction of sp³-hybridized carbons (Fsp3) is 0.176. The van der Waals surface area contributed by atoms with Crippen LogP contribution in [0.1, 0.15) is 67.9 Å². The third-order valence-electron chi connectivity index (χ3n) is 6.41. The molecule has 208 valence electrons. The monoisotopic (exact) mass is 550 g/mol. The molecule has 4 rings (SSSR count). The molecule has 0 amide bonds. The second kappa shape index (κ2) is 12.0. The van der Waals surface area contributed by atoms with Crippen LogP contribution >= 0.6 is 0 Å². The van der Waals surface area contributed by atoms with E-state index in [1.807, 2.05) is 0 Å². The van der Waals surface area contributed by atoms with Crippen LogP contribution in [0, 0.1) is 27.7 Å². The van der Waals surface area contributed by atoms with Crippen LogP contribution in [0.15, 0.2) is 72.8 Å². The minimum atomic E-state index is -0.412. The molecule has 0 heterocycles. The maximum atomic E-state index is 13.1. The third kappa shape index (κ3) is 6.76. The van der Waals surface area contributed by atoms with Gasteiger partial charge in [0.05, 0.1) is 0 Å². The Morgan fingerprint density at radius 2 is 0.756 bits per heavy atom. The van der Waals surface area contributed by atoms with Gasteiger partial charge in [-0.1, -0.05) is 0 Å². The van der Waals surface area contributed by atoms with E-state index < -0.39 is 11.9 Å². The van der Waals surface area contributed by atoms with Crippen LogP contribution in [0.4, 0.5) is 0 Å². The first-order valence-corrected chi connectivity index (χ1v) is 13.0. The summed E-state index contributed by atoms with van der Waals surface area (Å²) in [5.74, 6) is 0.851. The first-order chi connectivity index (χ1) is 19.4. The third-order valence-corrected chi connectivity index (χ3v) is 6.41. The van der Waals surface area contributed by atoms with Crippen LogP contribution < -0.4 is 14.2 Å². The molecule has 0 bridgehead atoms. The van der Waals surface area contributed by atoms with E-state index in [2.05, 4.69) is 0 Å². The number of benzene rings is 4. The summed E-state index contributed by atoms with van der Waals surface area (Å²) in [6.45, 7) is 9.85. The zero-order valence-electron chi connectivity index (χ0n) is 23.8. The van der Waals surface area contributed by atoms with Gasteiger partial charge in [-0.2, -0.15) is 0 Å². The second-order valence-corrected chi connectivity index (χ2v) is 9.87. The Labute approximate surface area is 238 Å². The number of carbonyl (C=O) groups excluding carboxylic acids is 4. The summed E-state index contributed by atoms with van der Waals surface area (Å²) in [7, 11) is 0. The van der Waals surface area contributed by atoms with E-state index in [4.69, 9.17) is 14.2 Å². The Hall–Kier alpha value is -5.04. The molecule has 0 aromatic heterocycles. The lowest BCUT2D eigenvalue weighted by molar-refractivity contribution is -0.132. The minimum Gasteiger partial charge on any atom is -0.457 e. The van der Waals surface area contributed by atoms with Gasteiger partial charge in [0.25, 0.3) is 0 Å². The average Bonchev–Trinajstić information content (AvgIpc) is 2.92. The van der Waals surface area contributed by atoms with Crippen molar-refractivity contribution in [2.24, 2.45) is 0 Å². The van der Waals surface area contributed by atoms with Crippen molar-refractivity contribution in [1.29, 1.82) is 0 Å². The molecule has 0 aliphatic carbocycles. The SMILES string of the molecule is CC(=O)Oc1c(C)cc(C(=O)c2ccc(Oc3ccc(C(=O)c4cc(C)c(OC(C)=O)c(C)c4)cc3)cc2)cc1C. The quantitative estimate of drug-likeness (QED) is 0.132. The van der Waals surface area contributed by atoms with E-state index in [1.54, 1.807) is 100 Å². The van der Waals surface area contributed by atoms with Gasteiger partial charge < -0.3 is 14.2 Å². The van der Waals surface area contributed by atoms with E-state index in [0.29, 0.717) is 67.5 Å².